The highest BCUT2D eigenvalue weighted by Crippen LogP contribution is 2.16. The molecule has 0 saturated carbocycles. The van der Waals surface area contributed by atoms with Crippen molar-refractivity contribution in [1.82, 2.24) is 4.68 Å². The summed E-state index contributed by atoms with van der Waals surface area (Å²) in [4.78, 5) is 22.6. The Bertz CT molecular complexity index is 408. The Kier molecular flexibility index (Phi) is 2.99. The predicted octanol–water partition coefficient (Wildman–Crippen LogP) is 0.0835. The third-order valence-corrected chi connectivity index (χ3v) is 2.07. The van der Waals surface area contributed by atoms with Gasteiger partial charge < -0.3 is 15.3 Å². The summed E-state index contributed by atoms with van der Waals surface area (Å²) >= 11 is 0. The molecule has 1 heterocycles. The topological polar surface area (TPSA) is 83.5 Å². The van der Waals surface area contributed by atoms with E-state index in [1.807, 2.05) is 0 Å². The number of esters is 2. The van der Waals surface area contributed by atoms with Gasteiger partial charge in [-0.2, -0.15) is 0 Å². The highest BCUT2D eigenvalue weighted by molar-refractivity contribution is 5.97. The summed E-state index contributed by atoms with van der Waals surface area (Å²) in [7, 11) is 2.50. The van der Waals surface area contributed by atoms with Crippen LogP contribution in [0.5, 0.6) is 0 Å². The molecule has 0 aromatic carbocycles. The van der Waals surface area contributed by atoms with Crippen LogP contribution >= 0.6 is 0 Å². The van der Waals surface area contributed by atoms with Gasteiger partial charge in [-0.05, 0) is 12.5 Å². The van der Waals surface area contributed by atoms with E-state index in [1.165, 1.54) is 20.4 Å². The van der Waals surface area contributed by atoms with Crippen molar-refractivity contribution in [1.29, 1.82) is 0 Å². The second-order valence-electron chi connectivity index (χ2n) is 2.91. The van der Waals surface area contributed by atoms with Crippen LogP contribution in [-0.4, -0.2) is 30.8 Å². The third kappa shape index (κ3) is 1.78. The molecule has 0 amide bonds. The maximum atomic E-state index is 11.3. The Hall–Kier alpha value is -1.98. The molecule has 0 radical (unpaired) electrons. The molecule has 1 aromatic rings. The molecule has 0 aliphatic rings. The fourth-order valence-corrected chi connectivity index (χ4v) is 1.29. The smallest absolute Gasteiger partial charge is 0.356 e. The quantitative estimate of drug-likeness (QED) is 0.554. The minimum Gasteiger partial charge on any atom is -0.465 e. The summed E-state index contributed by atoms with van der Waals surface area (Å²) in [5, 5.41) is 0. The Balaban J connectivity index is 3.26. The van der Waals surface area contributed by atoms with Gasteiger partial charge in [0, 0.05) is 6.20 Å². The fraction of sp³-hybridized carbons (Fsp3) is 0.333. The van der Waals surface area contributed by atoms with Gasteiger partial charge in [0.2, 0.25) is 0 Å². The van der Waals surface area contributed by atoms with Crippen molar-refractivity contribution in [2.75, 3.05) is 20.1 Å². The van der Waals surface area contributed by atoms with Gasteiger partial charge in [-0.25, -0.2) is 9.59 Å². The largest absolute Gasteiger partial charge is 0.465 e. The highest BCUT2D eigenvalue weighted by Gasteiger charge is 2.22. The number of hydrogen-bond acceptors (Lipinski definition) is 5. The zero-order valence-corrected chi connectivity index (χ0v) is 8.73. The van der Waals surface area contributed by atoms with Crippen LogP contribution in [0.25, 0.3) is 0 Å². The molecule has 0 bridgehead atoms. The molecule has 6 heteroatoms. The van der Waals surface area contributed by atoms with Crippen LogP contribution < -0.4 is 5.84 Å². The van der Waals surface area contributed by atoms with Gasteiger partial charge in [0.05, 0.1) is 19.8 Å². The molecule has 2 N–H and O–H groups in total. The maximum absolute atomic E-state index is 11.3. The first kappa shape index (κ1) is 11.1. The first-order valence-electron chi connectivity index (χ1n) is 4.16. The molecule has 1 rings (SSSR count). The van der Waals surface area contributed by atoms with Crippen molar-refractivity contribution in [3.63, 3.8) is 0 Å². The van der Waals surface area contributed by atoms with E-state index < -0.39 is 11.9 Å². The molecule has 15 heavy (non-hydrogen) atoms. The van der Waals surface area contributed by atoms with Crippen LogP contribution in [0.2, 0.25) is 0 Å². The van der Waals surface area contributed by atoms with Crippen molar-refractivity contribution in [3.8, 4) is 0 Å². The molecular formula is C9H12N2O4. The molecule has 82 valence electrons. The molecule has 0 aliphatic heterocycles. The number of aromatic nitrogens is 1. The van der Waals surface area contributed by atoms with Crippen molar-refractivity contribution in [2.45, 2.75) is 6.92 Å². The Morgan fingerprint density at radius 3 is 2.27 bits per heavy atom. The Morgan fingerprint density at radius 2 is 1.80 bits per heavy atom. The monoisotopic (exact) mass is 212 g/mol. The summed E-state index contributed by atoms with van der Waals surface area (Å²) < 4.78 is 10.1. The molecule has 0 unspecified atom stereocenters. The van der Waals surface area contributed by atoms with E-state index in [2.05, 4.69) is 9.47 Å². The number of carbonyl (C=O) groups excluding carboxylic acids is 2. The summed E-state index contributed by atoms with van der Waals surface area (Å²) in [6, 6.07) is 0. The number of nitrogens with two attached hydrogens (primary N) is 1. The van der Waals surface area contributed by atoms with Crippen molar-refractivity contribution >= 4 is 11.9 Å². The van der Waals surface area contributed by atoms with E-state index >= 15 is 0 Å². The number of nitrogens with zero attached hydrogens (tertiary/aromatic N) is 1. The summed E-state index contributed by atoms with van der Waals surface area (Å²) in [6.45, 7) is 1.60. The first-order valence-corrected chi connectivity index (χ1v) is 4.16. The SMILES string of the molecule is COC(=O)c1cn(N)c(C(=O)OC)c1C. The van der Waals surface area contributed by atoms with Gasteiger partial charge in [0.1, 0.15) is 0 Å². The second kappa shape index (κ2) is 4.04. The van der Waals surface area contributed by atoms with Gasteiger partial charge in [-0.1, -0.05) is 0 Å². The Morgan fingerprint density at radius 1 is 1.27 bits per heavy atom. The van der Waals surface area contributed by atoms with Crippen LogP contribution in [0.1, 0.15) is 26.4 Å². The number of methoxy groups -OCH3 is 2. The van der Waals surface area contributed by atoms with Gasteiger partial charge in [-0.3, -0.25) is 4.68 Å². The predicted molar refractivity (Wildman–Crippen MR) is 52.0 cm³/mol. The molecule has 0 spiro atoms. The third-order valence-electron chi connectivity index (χ3n) is 2.07. The molecule has 1 aromatic heterocycles. The van der Waals surface area contributed by atoms with E-state index in [1.54, 1.807) is 6.92 Å². The molecular weight excluding hydrogens is 200 g/mol. The lowest BCUT2D eigenvalue weighted by molar-refractivity contribution is 0.0589. The zero-order valence-electron chi connectivity index (χ0n) is 8.73. The minimum atomic E-state index is -0.592. The van der Waals surface area contributed by atoms with E-state index in [0.717, 1.165) is 4.68 Å². The highest BCUT2D eigenvalue weighted by atomic mass is 16.5. The summed E-state index contributed by atoms with van der Waals surface area (Å²) in [5.74, 6) is 4.39. The average molecular weight is 212 g/mol. The summed E-state index contributed by atoms with van der Waals surface area (Å²) in [6.07, 6.45) is 1.33. The van der Waals surface area contributed by atoms with Gasteiger partial charge in [0.15, 0.2) is 5.69 Å². The Labute approximate surface area is 86.5 Å². The molecule has 6 nitrogen and oxygen atoms in total. The normalized spacial score (nSPS) is 9.80. The van der Waals surface area contributed by atoms with Crippen LogP contribution in [-0.2, 0) is 9.47 Å². The lowest BCUT2D eigenvalue weighted by Gasteiger charge is -2.01. The lowest BCUT2D eigenvalue weighted by atomic mass is 10.2. The van der Waals surface area contributed by atoms with Crippen LogP contribution in [0.4, 0.5) is 0 Å². The lowest BCUT2D eigenvalue weighted by Crippen LogP contribution is -2.17. The number of ether oxygens (including phenoxy) is 2. The number of hydrogen-bond donors (Lipinski definition) is 1. The molecule has 0 atom stereocenters. The summed E-state index contributed by atoms with van der Waals surface area (Å²) in [5.41, 5.74) is 0.828. The number of rotatable bonds is 2. The minimum absolute atomic E-state index is 0.137. The standard InChI is InChI=1S/C9H12N2O4/c1-5-6(8(12)14-2)4-11(10)7(5)9(13)15-3/h4H,10H2,1-3H3. The van der Waals surface area contributed by atoms with Crippen LogP contribution in [0.15, 0.2) is 6.20 Å². The van der Waals surface area contributed by atoms with Crippen molar-refractivity contribution < 1.29 is 19.1 Å². The first-order chi connectivity index (χ1) is 7.02. The maximum Gasteiger partial charge on any atom is 0.356 e. The van der Waals surface area contributed by atoms with Gasteiger partial charge in [-0.15, -0.1) is 0 Å². The van der Waals surface area contributed by atoms with E-state index in [-0.39, 0.29) is 11.3 Å². The van der Waals surface area contributed by atoms with Crippen LogP contribution in [0, 0.1) is 6.92 Å². The second-order valence-corrected chi connectivity index (χ2v) is 2.91. The molecule has 0 aliphatic carbocycles. The van der Waals surface area contributed by atoms with E-state index in [9.17, 15) is 9.59 Å². The van der Waals surface area contributed by atoms with Gasteiger partial charge >= 0.3 is 11.9 Å². The van der Waals surface area contributed by atoms with Gasteiger partial charge in [0.25, 0.3) is 0 Å². The average Bonchev–Trinajstić information content (AvgIpc) is 2.52. The van der Waals surface area contributed by atoms with Crippen molar-refractivity contribution in [2.24, 2.45) is 0 Å². The zero-order chi connectivity index (χ0) is 11.6. The number of carbonyl (C=O) groups is 2. The molecule has 0 fully saturated rings. The van der Waals surface area contributed by atoms with E-state index in [0.29, 0.717) is 5.56 Å². The number of nitrogen functional groups attached to an aromatic ring is 1. The van der Waals surface area contributed by atoms with Crippen molar-refractivity contribution in [3.05, 3.63) is 23.0 Å². The fourth-order valence-electron chi connectivity index (χ4n) is 1.29. The molecule has 0 saturated heterocycles. The van der Waals surface area contributed by atoms with Crippen LogP contribution in [0.3, 0.4) is 0 Å². The van der Waals surface area contributed by atoms with E-state index in [4.69, 9.17) is 5.84 Å².